The van der Waals surface area contributed by atoms with E-state index in [1.165, 1.54) is 10.9 Å². The zero-order valence-electron chi connectivity index (χ0n) is 14.6. The van der Waals surface area contributed by atoms with E-state index in [0.29, 0.717) is 11.1 Å². The Balaban J connectivity index is 1.37. The molecule has 0 amide bonds. The van der Waals surface area contributed by atoms with E-state index in [0.717, 1.165) is 21.0 Å². The summed E-state index contributed by atoms with van der Waals surface area (Å²) in [7, 11) is 0. The molecule has 28 heavy (non-hydrogen) atoms. The molecule has 0 radical (unpaired) electrons. The van der Waals surface area contributed by atoms with Gasteiger partial charge in [0.05, 0.1) is 6.33 Å². The van der Waals surface area contributed by atoms with Crippen molar-refractivity contribution in [3.63, 3.8) is 0 Å². The van der Waals surface area contributed by atoms with Crippen molar-refractivity contribution < 1.29 is 13.9 Å². The van der Waals surface area contributed by atoms with E-state index in [4.69, 9.17) is 9.15 Å². The Hall–Kier alpha value is -3.45. The van der Waals surface area contributed by atoms with Gasteiger partial charge in [-0.15, -0.1) is 11.3 Å². The van der Waals surface area contributed by atoms with Crippen LogP contribution in [0.5, 0.6) is 0 Å². The second-order valence-corrected chi connectivity index (χ2v) is 7.28. The molecule has 0 saturated carbocycles. The average Bonchev–Trinajstić information content (AvgIpc) is 3.30. The number of thiophene rings is 1. The summed E-state index contributed by atoms with van der Waals surface area (Å²) in [6.45, 7) is -0.0568. The second-order valence-electron chi connectivity index (χ2n) is 6.37. The lowest BCUT2D eigenvalue weighted by Crippen LogP contribution is -2.25. The Bertz CT molecular complexity index is 1400. The first-order valence-electron chi connectivity index (χ1n) is 8.68. The summed E-state index contributed by atoms with van der Waals surface area (Å²) < 4.78 is 13.3. The van der Waals surface area contributed by atoms with Crippen LogP contribution in [0.2, 0.25) is 0 Å². The fourth-order valence-corrected chi connectivity index (χ4v) is 4.16. The molecular formula is C21H14N2O4S. The molecule has 5 aromatic rings. The van der Waals surface area contributed by atoms with E-state index >= 15 is 0 Å². The van der Waals surface area contributed by atoms with Crippen LogP contribution in [-0.4, -0.2) is 15.5 Å². The predicted octanol–water partition coefficient (Wildman–Crippen LogP) is 4.10. The molecule has 0 atom stereocenters. The van der Waals surface area contributed by atoms with Crippen LogP contribution in [0.25, 0.3) is 32.2 Å². The first-order chi connectivity index (χ1) is 13.7. The van der Waals surface area contributed by atoms with Gasteiger partial charge in [0.2, 0.25) is 5.58 Å². The lowest BCUT2D eigenvalue weighted by atomic mass is 10.2. The molecule has 0 N–H and O–H groups in total. The Morgan fingerprint density at radius 1 is 1.11 bits per heavy atom. The summed E-state index contributed by atoms with van der Waals surface area (Å²) in [5, 5.41) is 3.82. The van der Waals surface area contributed by atoms with Crippen molar-refractivity contribution in [3.8, 4) is 0 Å². The van der Waals surface area contributed by atoms with Crippen molar-refractivity contribution >= 4 is 49.5 Å². The summed E-state index contributed by atoms with van der Waals surface area (Å²) in [6.07, 6.45) is 1.36. The highest BCUT2D eigenvalue weighted by Gasteiger charge is 2.15. The van der Waals surface area contributed by atoms with Gasteiger partial charge in [-0.3, -0.25) is 14.2 Å². The number of ether oxygens (including phenoxy) is 1. The van der Waals surface area contributed by atoms with Gasteiger partial charge in [0.15, 0.2) is 0 Å². The van der Waals surface area contributed by atoms with Crippen molar-refractivity contribution in [1.29, 1.82) is 0 Å². The smallest absolute Gasteiger partial charge is 0.326 e. The average molecular weight is 390 g/mol. The van der Waals surface area contributed by atoms with E-state index in [9.17, 15) is 9.59 Å². The molecule has 5 rings (SSSR count). The zero-order valence-corrected chi connectivity index (χ0v) is 15.4. The number of aromatic nitrogens is 2. The van der Waals surface area contributed by atoms with Crippen LogP contribution in [0.4, 0.5) is 0 Å². The van der Waals surface area contributed by atoms with Gasteiger partial charge in [-0.05, 0) is 29.0 Å². The minimum absolute atomic E-state index is 0.139. The monoisotopic (exact) mass is 390 g/mol. The Morgan fingerprint density at radius 3 is 2.79 bits per heavy atom. The maximum atomic E-state index is 12.7. The number of esters is 1. The largest absolute Gasteiger partial charge is 0.459 e. The maximum absolute atomic E-state index is 12.7. The molecule has 0 aliphatic rings. The molecular weight excluding hydrogens is 376 g/mol. The zero-order chi connectivity index (χ0) is 19.1. The fourth-order valence-electron chi connectivity index (χ4n) is 3.22. The van der Waals surface area contributed by atoms with Crippen molar-refractivity contribution in [2.45, 2.75) is 13.2 Å². The van der Waals surface area contributed by atoms with E-state index in [1.807, 2.05) is 47.8 Å². The number of fused-ring (bicyclic) bond motifs is 4. The van der Waals surface area contributed by atoms with Crippen LogP contribution >= 0.6 is 11.3 Å². The third-order valence-corrected chi connectivity index (χ3v) is 5.61. The van der Waals surface area contributed by atoms with E-state index in [2.05, 4.69) is 4.98 Å². The Labute approximate surface area is 162 Å². The number of carbonyl (C=O) groups is 1. The van der Waals surface area contributed by atoms with Crippen molar-refractivity contribution in [2.75, 3.05) is 0 Å². The number of benzene rings is 2. The molecule has 0 bridgehead atoms. The van der Waals surface area contributed by atoms with Crippen LogP contribution in [0.15, 0.2) is 69.5 Å². The van der Waals surface area contributed by atoms with E-state index < -0.39 is 11.5 Å². The first-order valence-corrected chi connectivity index (χ1v) is 9.56. The van der Waals surface area contributed by atoms with Gasteiger partial charge in [0, 0.05) is 15.6 Å². The van der Waals surface area contributed by atoms with Crippen molar-refractivity contribution in [1.82, 2.24) is 9.55 Å². The lowest BCUT2D eigenvalue weighted by molar-refractivity contribution is -0.145. The third kappa shape index (κ3) is 2.76. The number of nitrogens with zero attached hydrogens (tertiary/aromatic N) is 2. The van der Waals surface area contributed by atoms with Gasteiger partial charge >= 0.3 is 5.97 Å². The standard InChI is InChI=1S/C21H14N2O4S/c24-18(26-10-13-11-28-17-8-4-2-5-14(13)17)9-23-12-22-19-15-6-1-3-7-16(15)27-20(19)21(23)25/h1-8,11-12H,9-10H2. The Kier molecular flexibility index (Phi) is 3.95. The number of hydrogen-bond acceptors (Lipinski definition) is 6. The molecule has 138 valence electrons. The quantitative estimate of drug-likeness (QED) is 0.432. The normalized spacial score (nSPS) is 11.4. The summed E-state index contributed by atoms with van der Waals surface area (Å²) in [4.78, 5) is 29.2. The molecule has 0 saturated heterocycles. The van der Waals surface area contributed by atoms with E-state index in [-0.39, 0.29) is 18.7 Å². The fraction of sp³-hybridized carbons (Fsp3) is 0.0952. The first kappa shape index (κ1) is 16.7. The van der Waals surface area contributed by atoms with Crippen LogP contribution in [-0.2, 0) is 22.7 Å². The topological polar surface area (TPSA) is 74.3 Å². The second kappa shape index (κ2) is 6.61. The highest BCUT2D eigenvalue weighted by atomic mass is 32.1. The summed E-state index contributed by atoms with van der Waals surface area (Å²) in [6, 6.07) is 15.3. The molecule has 0 fully saturated rings. The SMILES string of the molecule is O=C(Cn1cnc2c(oc3ccccc32)c1=O)OCc1csc2ccccc12. The van der Waals surface area contributed by atoms with E-state index in [1.54, 1.807) is 17.4 Å². The van der Waals surface area contributed by atoms with Gasteiger partial charge in [-0.2, -0.15) is 0 Å². The van der Waals surface area contributed by atoms with Crippen molar-refractivity contribution in [2.24, 2.45) is 0 Å². The molecule has 0 spiro atoms. The number of hydrogen-bond donors (Lipinski definition) is 0. The molecule has 0 aliphatic heterocycles. The number of furan rings is 1. The number of para-hydroxylation sites is 1. The Morgan fingerprint density at radius 2 is 1.89 bits per heavy atom. The van der Waals surface area contributed by atoms with Crippen LogP contribution in [0.3, 0.4) is 0 Å². The van der Waals surface area contributed by atoms with Crippen molar-refractivity contribution in [3.05, 3.63) is 76.2 Å². The molecule has 0 aliphatic carbocycles. The highest BCUT2D eigenvalue weighted by Crippen LogP contribution is 2.26. The minimum Gasteiger partial charge on any atom is -0.459 e. The minimum atomic E-state index is -0.505. The summed E-state index contributed by atoms with van der Waals surface area (Å²) >= 11 is 1.61. The van der Waals surface area contributed by atoms with Gasteiger partial charge in [0.1, 0.15) is 24.3 Å². The highest BCUT2D eigenvalue weighted by molar-refractivity contribution is 7.17. The number of carbonyl (C=O) groups excluding carboxylic acids is 1. The summed E-state index contributed by atoms with van der Waals surface area (Å²) in [5.74, 6) is -0.505. The van der Waals surface area contributed by atoms with Crippen LogP contribution < -0.4 is 5.56 Å². The molecule has 7 heteroatoms. The molecule has 3 heterocycles. The predicted molar refractivity (Wildman–Crippen MR) is 107 cm³/mol. The van der Waals surface area contributed by atoms with Gasteiger partial charge in [-0.1, -0.05) is 30.3 Å². The van der Waals surface area contributed by atoms with Crippen LogP contribution in [0, 0.1) is 0 Å². The van der Waals surface area contributed by atoms with Gasteiger partial charge in [-0.25, -0.2) is 4.98 Å². The lowest BCUT2D eigenvalue weighted by Gasteiger charge is -2.06. The molecule has 0 unspecified atom stereocenters. The molecule has 3 aromatic heterocycles. The molecule has 2 aromatic carbocycles. The van der Waals surface area contributed by atoms with Crippen LogP contribution in [0.1, 0.15) is 5.56 Å². The maximum Gasteiger partial charge on any atom is 0.326 e. The van der Waals surface area contributed by atoms with Gasteiger partial charge in [0.25, 0.3) is 5.56 Å². The summed E-state index contributed by atoms with van der Waals surface area (Å²) in [5.41, 5.74) is 1.77. The van der Waals surface area contributed by atoms with Gasteiger partial charge < -0.3 is 9.15 Å². The third-order valence-electron chi connectivity index (χ3n) is 4.60. The molecule has 6 nitrogen and oxygen atoms in total. The number of rotatable bonds is 4.